The minimum Gasteiger partial charge on any atom is -0.368 e. The average molecular weight is 352 g/mol. The topological polar surface area (TPSA) is 78.7 Å². The summed E-state index contributed by atoms with van der Waals surface area (Å²) in [6.07, 6.45) is 0. The summed E-state index contributed by atoms with van der Waals surface area (Å²) in [4.78, 5) is 28.2. The van der Waals surface area contributed by atoms with Gasteiger partial charge < -0.3 is 16.0 Å². The van der Waals surface area contributed by atoms with Crippen molar-refractivity contribution < 1.29 is 9.59 Å². The van der Waals surface area contributed by atoms with Gasteiger partial charge in [0.15, 0.2) is 0 Å². The minimum atomic E-state index is -0.460. The van der Waals surface area contributed by atoms with Gasteiger partial charge in [-0.1, -0.05) is 42.5 Å². The van der Waals surface area contributed by atoms with Crippen molar-refractivity contribution in [3.05, 3.63) is 65.7 Å². The molecule has 1 aliphatic rings. The molecule has 1 fully saturated rings. The molecule has 0 aromatic heterocycles. The highest BCUT2D eigenvalue weighted by Gasteiger charge is 2.30. The SMILES string of the molecule is Cc1cccc(NC(=O)N2CCN([C@H](C(N)=O)c3ccccc3)CC2)c1. The van der Waals surface area contributed by atoms with Crippen molar-refractivity contribution in [2.45, 2.75) is 13.0 Å². The molecule has 1 saturated heterocycles. The summed E-state index contributed by atoms with van der Waals surface area (Å²) in [6.45, 7) is 4.29. The quantitative estimate of drug-likeness (QED) is 0.887. The van der Waals surface area contributed by atoms with Crippen molar-refractivity contribution in [1.29, 1.82) is 0 Å². The lowest BCUT2D eigenvalue weighted by Crippen LogP contribution is -2.52. The number of rotatable bonds is 4. The van der Waals surface area contributed by atoms with Crippen LogP contribution in [-0.4, -0.2) is 47.9 Å². The Hall–Kier alpha value is -2.86. The molecule has 0 unspecified atom stereocenters. The van der Waals surface area contributed by atoms with Crippen molar-refractivity contribution in [2.75, 3.05) is 31.5 Å². The molecule has 3 rings (SSSR count). The molecule has 6 nitrogen and oxygen atoms in total. The molecule has 136 valence electrons. The number of carbonyl (C=O) groups excluding carboxylic acids is 2. The number of amides is 3. The molecular weight excluding hydrogens is 328 g/mol. The van der Waals surface area contributed by atoms with Crippen LogP contribution in [0.5, 0.6) is 0 Å². The van der Waals surface area contributed by atoms with Gasteiger partial charge in [-0.2, -0.15) is 0 Å². The Labute approximate surface area is 153 Å². The van der Waals surface area contributed by atoms with E-state index in [1.165, 1.54) is 0 Å². The first-order valence-corrected chi connectivity index (χ1v) is 8.75. The molecule has 0 saturated carbocycles. The van der Waals surface area contributed by atoms with Gasteiger partial charge in [0.1, 0.15) is 6.04 Å². The molecule has 0 bridgehead atoms. The van der Waals surface area contributed by atoms with Gasteiger partial charge in [0.05, 0.1) is 0 Å². The second-order valence-corrected chi connectivity index (χ2v) is 6.54. The summed E-state index contributed by atoms with van der Waals surface area (Å²) in [5.41, 5.74) is 8.41. The zero-order valence-corrected chi connectivity index (χ0v) is 14.9. The molecule has 26 heavy (non-hydrogen) atoms. The molecule has 1 heterocycles. The lowest BCUT2D eigenvalue weighted by Gasteiger charge is -2.38. The third kappa shape index (κ3) is 4.21. The van der Waals surface area contributed by atoms with E-state index in [0.717, 1.165) is 16.8 Å². The highest BCUT2D eigenvalue weighted by molar-refractivity contribution is 5.89. The number of piperazine rings is 1. The lowest BCUT2D eigenvalue weighted by atomic mass is 10.0. The molecule has 2 aromatic rings. The predicted molar refractivity (Wildman–Crippen MR) is 102 cm³/mol. The van der Waals surface area contributed by atoms with Crippen LogP contribution >= 0.6 is 0 Å². The van der Waals surface area contributed by atoms with Crippen LogP contribution in [0.25, 0.3) is 0 Å². The van der Waals surface area contributed by atoms with Crippen LogP contribution in [0.4, 0.5) is 10.5 Å². The maximum Gasteiger partial charge on any atom is 0.321 e. The summed E-state index contributed by atoms with van der Waals surface area (Å²) in [6, 6.07) is 16.7. The Morgan fingerprint density at radius 2 is 1.69 bits per heavy atom. The Morgan fingerprint density at radius 3 is 2.31 bits per heavy atom. The second-order valence-electron chi connectivity index (χ2n) is 6.54. The third-order valence-electron chi connectivity index (χ3n) is 4.62. The van der Waals surface area contributed by atoms with E-state index < -0.39 is 6.04 Å². The Kier molecular flexibility index (Phi) is 5.53. The predicted octanol–water partition coefficient (Wildman–Crippen LogP) is 2.37. The van der Waals surface area contributed by atoms with E-state index >= 15 is 0 Å². The monoisotopic (exact) mass is 352 g/mol. The number of benzene rings is 2. The van der Waals surface area contributed by atoms with Crippen LogP contribution in [0.3, 0.4) is 0 Å². The van der Waals surface area contributed by atoms with E-state index in [9.17, 15) is 9.59 Å². The third-order valence-corrected chi connectivity index (χ3v) is 4.62. The normalized spacial score (nSPS) is 16.1. The fourth-order valence-electron chi connectivity index (χ4n) is 3.30. The summed E-state index contributed by atoms with van der Waals surface area (Å²) in [7, 11) is 0. The molecule has 3 N–H and O–H groups in total. The van der Waals surface area contributed by atoms with Crippen LogP contribution in [0, 0.1) is 6.92 Å². The smallest absolute Gasteiger partial charge is 0.321 e. The van der Waals surface area contributed by atoms with Crippen LogP contribution in [0.1, 0.15) is 17.2 Å². The van der Waals surface area contributed by atoms with Gasteiger partial charge in [-0.15, -0.1) is 0 Å². The van der Waals surface area contributed by atoms with Gasteiger partial charge in [-0.05, 0) is 30.2 Å². The van der Waals surface area contributed by atoms with Gasteiger partial charge >= 0.3 is 6.03 Å². The largest absolute Gasteiger partial charge is 0.368 e. The zero-order chi connectivity index (χ0) is 18.5. The number of aryl methyl sites for hydroxylation is 1. The molecular formula is C20H24N4O2. The van der Waals surface area contributed by atoms with Gasteiger partial charge in [-0.3, -0.25) is 9.69 Å². The number of nitrogens with zero attached hydrogens (tertiary/aromatic N) is 2. The van der Waals surface area contributed by atoms with E-state index in [4.69, 9.17) is 5.73 Å². The van der Waals surface area contributed by atoms with Crippen molar-refractivity contribution >= 4 is 17.6 Å². The summed E-state index contributed by atoms with van der Waals surface area (Å²) in [5.74, 6) is -0.367. The van der Waals surface area contributed by atoms with E-state index in [-0.39, 0.29) is 11.9 Å². The molecule has 1 aliphatic heterocycles. The second kappa shape index (κ2) is 8.01. The maximum atomic E-state index is 12.5. The highest BCUT2D eigenvalue weighted by Crippen LogP contribution is 2.22. The molecule has 0 aliphatic carbocycles. The van der Waals surface area contributed by atoms with E-state index in [2.05, 4.69) is 5.32 Å². The van der Waals surface area contributed by atoms with Gasteiger partial charge in [0.25, 0.3) is 0 Å². The first kappa shape index (κ1) is 17.9. The average Bonchev–Trinajstić information content (AvgIpc) is 2.63. The molecule has 2 aromatic carbocycles. The summed E-state index contributed by atoms with van der Waals surface area (Å²) >= 11 is 0. The molecule has 3 amide bonds. The maximum absolute atomic E-state index is 12.5. The molecule has 1 atom stereocenters. The first-order valence-electron chi connectivity index (χ1n) is 8.75. The number of primary amides is 1. The Balaban J connectivity index is 1.61. The van der Waals surface area contributed by atoms with Crippen molar-refractivity contribution in [1.82, 2.24) is 9.80 Å². The minimum absolute atomic E-state index is 0.120. The standard InChI is InChI=1S/C20H24N4O2/c1-15-6-5-9-17(14-15)22-20(26)24-12-10-23(11-13-24)18(19(21)25)16-7-3-2-4-8-16/h2-9,14,18H,10-13H2,1H3,(H2,21,25)(H,22,26)/t18-/m0/s1. The number of nitrogens with one attached hydrogen (secondary N) is 1. The van der Waals surface area contributed by atoms with Gasteiger partial charge in [0, 0.05) is 31.9 Å². The first-order chi connectivity index (χ1) is 12.5. The fourth-order valence-corrected chi connectivity index (χ4v) is 3.30. The molecule has 0 radical (unpaired) electrons. The number of hydrogen-bond acceptors (Lipinski definition) is 3. The number of nitrogens with two attached hydrogens (primary N) is 1. The van der Waals surface area contributed by atoms with E-state index in [1.54, 1.807) is 4.90 Å². The van der Waals surface area contributed by atoms with Crippen LogP contribution in [-0.2, 0) is 4.79 Å². The van der Waals surface area contributed by atoms with Crippen molar-refractivity contribution in [3.8, 4) is 0 Å². The molecule has 0 spiro atoms. The Morgan fingerprint density at radius 1 is 1.00 bits per heavy atom. The summed E-state index contributed by atoms with van der Waals surface area (Å²) < 4.78 is 0. The van der Waals surface area contributed by atoms with Crippen LogP contribution in [0.2, 0.25) is 0 Å². The van der Waals surface area contributed by atoms with Crippen molar-refractivity contribution in [2.24, 2.45) is 5.73 Å². The van der Waals surface area contributed by atoms with Crippen molar-refractivity contribution in [3.63, 3.8) is 0 Å². The Bertz CT molecular complexity index is 770. The lowest BCUT2D eigenvalue weighted by molar-refractivity contribution is -0.124. The zero-order valence-electron chi connectivity index (χ0n) is 14.9. The number of urea groups is 1. The van der Waals surface area contributed by atoms with E-state index in [1.807, 2.05) is 66.4 Å². The van der Waals surface area contributed by atoms with Crippen LogP contribution < -0.4 is 11.1 Å². The number of carbonyl (C=O) groups is 2. The van der Waals surface area contributed by atoms with Crippen LogP contribution in [0.15, 0.2) is 54.6 Å². The van der Waals surface area contributed by atoms with E-state index in [0.29, 0.717) is 26.2 Å². The number of anilines is 1. The molecule has 6 heteroatoms. The number of hydrogen-bond donors (Lipinski definition) is 2. The highest BCUT2D eigenvalue weighted by atomic mass is 16.2. The van der Waals surface area contributed by atoms with Gasteiger partial charge in [0.2, 0.25) is 5.91 Å². The fraction of sp³-hybridized carbons (Fsp3) is 0.300. The summed E-state index contributed by atoms with van der Waals surface area (Å²) in [5, 5.41) is 2.93. The van der Waals surface area contributed by atoms with Gasteiger partial charge in [-0.25, -0.2) is 4.79 Å².